The Morgan fingerprint density at radius 3 is 2.81 bits per heavy atom. The molecule has 2 heterocycles. The van der Waals surface area contributed by atoms with Crippen molar-refractivity contribution in [2.24, 2.45) is 0 Å². The van der Waals surface area contributed by atoms with Crippen LogP contribution in [0.15, 0.2) is 30.5 Å². The summed E-state index contributed by atoms with van der Waals surface area (Å²) in [4.78, 5) is 5.27. The Morgan fingerprint density at radius 2 is 2.10 bits per heavy atom. The number of aromatic nitrogens is 1. The number of nitrogens with one attached hydrogen (secondary N) is 1. The van der Waals surface area contributed by atoms with E-state index in [0.717, 1.165) is 22.8 Å². The first-order valence-corrected chi connectivity index (χ1v) is 8.53. The average Bonchev–Trinajstić information content (AvgIpc) is 2.89. The minimum Gasteiger partial charge on any atom is -0.366 e. The topological polar surface area (TPSA) is 80.2 Å². The van der Waals surface area contributed by atoms with E-state index in [1.807, 2.05) is 30.5 Å². The van der Waals surface area contributed by atoms with Gasteiger partial charge in [-0.15, -0.1) is 0 Å². The molecule has 7 heteroatoms. The molecule has 1 aliphatic heterocycles. The summed E-state index contributed by atoms with van der Waals surface area (Å²) in [5, 5.41) is 10.3. The van der Waals surface area contributed by atoms with Crippen LogP contribution in [0.5, 0.6) is 0 Å². The fourth-order valence-electron chi connectivity index (χ4n) is 2.81. The predicted octanol–water partition coefficient (Wildman–Crippen LogP) is 1.14. The van der Waals surface area contributed by atoms with Crippen molar-refractivity contribution in [3.8, 4) is 6.07 Å². The third-order valence-electron chi connectivity index (χ3n) is 3.81. The van der Waals surface area contributed by atoms with Crippen molar-refractivity contribution < 1.29 is 8.42 Å². The highest BCUT2D eigenvalue weighted by atomic mass is 32.2. The monoisotopic (exact) mass is 304 g/mol. The summed E-state index contributed by atoms with van der Waals surface area (Å²) in [5.41, 5.74) is 2.05. The Balaban J connectivity index is 1.91. The lowest BCUT2D eigenvalue weighted by atomic mass is 10.2. The SMILES string of the molecule is CS(=O)(=O)N1CCN(c2c[nH]c3ccccc23)CC1C#N. The summed E-state index contributed by atoms with van der Waals surface area (Å²) in [5.74, 6) is 0. The number of rotatable bonds is 2. The van der Waals surface area contributed by atoms with E-state index in [-0.39, 0.29) is 0 Å². The Morgan fingerprint density at radius 1 is 1.33 bits per heavy atom. The van der Waals surface area contributed by atoms with E-state index in [9.17, 15) is 13.7 Å². The lowest BCUT2D eigenvalue weighted by Gasteiger charge is -2.37. The number of nitriles is 1. The van der Waals surface area contributed by atoms with Gasteiger partial charge in [0.1, 0.15) is 6.04 Å². The lowest BCUT2D eigenvalue weighted by molar-refractivity contribution is 0.338. The fourth-order valence-corrected chi connectivity index (χ4v) is 3.79. The summed E-state index contributed by atoms with van der Waals surface area (Å²) in [7, 11) is -3.35. The van der Waals surface area contributed by atoms with Crippen LogP contribution in [0.3, 0.4) is 0 Å². The van der Waals surface area contributed by atoms with Crippen LogP contribution in [0.1, 0.15) is 0 Å². The standard InChI is InChI=1S/C14H16N4O2S/c1-21(19,20)18-7-6-17(10-11(18)8-15)14-9-16-13-5-3-2-4-12(13)14/h2-5,9,11,16H,6-7,10H2,1H3. The predicted molar refractivity (Wildman–Crippen MR) is 81.5 cm³/mol. The molecule has 0 spiro atoms. The van der Waals surface area contributed by atoms with Crippen LogP contribution in [0.25, 0.3) is 10.9 Å². The normalized spacial score (nSPS) is 20.6. The van der Waals surface area contributed by atoms with Gasteiger partial charge in [0.15, 0.2) is 0 Å². The van der Waals surface area contributed by atoms with E-state index in [0.29, 0.717) is 19.6 Å². The van der Waals surface area contributed by atoms with Crippen LogP contribution in [0.4, 0.5) is 5.69 Å². The van der Waals surface area contributed by atoms with Gasteiger partial charge in [0.25, 0.3) is 0 Å². The first-order valence-electron chi connectivity index (χ1n) is 6.68. The van der Waals surface area contributed by atoms with Crippen molar-refractivity contribution in [2.45, 2.75) is 6.04 Å². The molecule has 2 aromatic rings. The largest absolute Gasteiger partial charge is 0.366 e. The minimum absolute atomic E-state index is 0.330. The number of piperazine rings is 1. The number of aromatic amines is 1. The molecule has 1 N–H and O–H groups in total. The molecule has 1 saturated heterocycles. The molecule has 1 aromatic carbocycles. The van der Waals surface area contributed by atoms with Crippen LogP contribution in [-0.4, -0.2) is 49.6 Å². The molecule has 1 aliphatic rings. The number of hydrogen-bond donors (Lipinski definition) is 1. The number of para-hydroxylation sites is 1. The maximum Gasteiger partial charge on any atom is 0.212 e. The van der Waals surface area contributed by atoms with E-state index < -0.39 is 16.1 Å². The quantitative estimate of drug-likeness (QED) is 0.902. The molecule has 0 aliphatic carbocycles. The van der Waals surface area contributed by atoms with Gasteiger partial charge in [0.2, 0.25) is 10.0 Å². The molecule has 1 fully saturated rings. The summed E-state index contributed by atoms with van der Waals surface area (Å²) in [6.45, 7) is 1.29. The second kappa shape index (κ2) is 5.06. The summed E-state index contributed by atoms with van der Waals surface area (Å²) >= 11 is 0. The lowest BCUT2D eigenvalue weighted by Crippen LogP contribution is -2.54. The number of sulfonamides is 1. The van der Waals surface area contributed by atoms with E-state index in [2.05, 4.69) is 16.0 Å². The molecule has 1 atom stereocenters. The maximum atomic E-state index is 11.7. The zero-order valence-corrected chi connectivity index (χ0v) is 12.5. The van der Waals surface area contributed by atoms with E-state index in [4.69, 9.17) is 0 Å². The number of benzene rings is 1. The van der Waals surface area contributed by atoms with Crippen molar-refractivity contribution in [3.63, 3.8) is 0 Å². The third-order valence-corrected chi connectivity index (χ3v) is 5.10. The zero-order valence-electron chi connectivity index (χ0n) is 11.7. The summed E-state index contributed by atoms with van der Waals surface area (Å²) in [6.07, 6.45) is 3.06. The number of nitrogens with zero attached hydrogens (tertiary/aromatic N) is 3. The average molecular weight is 304 g/mol. The first kappa shape index (κ1) is 13.9. The highest BCUT2D eigenvalue weighted by molar-refractivity contribution is 7.88. The van der Waals surface area contributed by atoms with Gasteiger partial charge >= 0.3 is 0 Å². The molecule has 21 heavy (non-hydrogen) atoms. The molecular weight excluding hydrogens is 288 g/mol. The zero-order chi connectivity index (χ0) is 15.0. The van der Waals surface area contributed by atoms with E-state index in [1.54, 1.807) is 0 Å². The van der Waals surface area contributed by atoms with Crippen molar-refractivity contribution in [3.05, 3.63) is 30.5 Å². The molecule has 6 nitrogen and oxygen atoms in total. The van der Waals surface area contributed by atoms with Crippen molar-refractivity contribution in [1.29, 1.82) is 5.26 Å². The first-order chi connectivity index (χ1) is 10.0. The minimum atomic E-state index is -3.35. The number of hydrogen-bond acceptors (Lipinski definition) is 4. The Kier molecular flexibility index (Phi) is 3.35. The van der Waals surface area contributed by atoms with Gasteiger partial charge in [-0.1, -0.05) is 18.2 Å². The third kappa shape index (κ3) is 2.48. The molecule has 0 saturated carbocycles. The highest BCUT2D eigenvalue weighted by Gasteiger charge is 2.33. The van der Waals surface area contributed by atoms with Gasteiger partial charge < -0.3 is 9.88 Å². The highest BCUT2D eigenvalue weighted by Crippen LogP contribution is 2.28. The van der Waals surface area contributed by atoms with Gasteiger partial charge in [0.05, 0.1) is 18.0 Å². The molecule has 1 unspecified atom stereocenters. The van der Waals surface area contributed by atoms with Gasteiger partial charge in [0, 0.05) is 36.7 Å². The Labute approximate surface area is 123 Å². The number of fused-ring (bicyclic) bond motifs is 1. The Hall–Kier alpha value is -2.04. The number of anilines is 1. The molecule has 0 radical (unpaired) electrons. The van der Waals surface area contributed by atoms with Crippen LogP contribution in [0, 0.1) is 11.3 Å². The molecule has 3 rings (SSSR count). The van der Waals surface area contributed by atoms with Crippen molar-refractivity contribution >= 4 is 26.6 Å². The Bertz CT molecular complexity index is 806. The second-order valence-corrected chi connectivity index (χ2v) is 7.12. The van der Waals surface area contributed by atoms with Crippen LogP contribution < -0.4 is 4.90 Å². The molecular formula is C14H16N4O2S. The fraction of sp³-hybridized carbons (Fsp3) is 0.357. The van der Waals surface area contributed by atoms with Gasteiger partial charge in [-0.05, 0) is 6.07 Å². The van der Waals surface area contributed by atoms with E-state index in [1.165, 1.54) is 4.31 Å². The van der Waals surface area contributed by atoms with Gasteiger partial charge in [-0.3, -0.25) is 0 Å². The molecule has 0 bridgehead atoms. The number of H-pyrrole nitrogens is 1. The summed E-state index contributed by atoms with van der Waals surface area (Å²) < 4.78 is 24.7. The molecule has 1 aromatic heterocycles. The smallest absolute Gasteiger partial charge is 0.212 e. The van der Waals surface area contributed by atoms with Crippen LogP contribution >= 0.6 is 0 Å². The van der Waals surface area contributed by atoms with Crippen molar-refractivity contribution in [1.82, 2.24) is 9.29 Å². The summed E-state index contributed by atoms with van der Waals surface area (Å²) in [6, 6.07) is 9.38. The van der Waals surface area contributed by atoms with E-state index >= 15 is 0 Å². The van der Waals surface area contributed by atoms with Crippen LogP contribution in [0.2, 0.25) is 0 Å². The molecule has 0 amide bonds. The van der Waals surface area contributed by atoms with Crippen LogP contribution in [-0.2, 0) is 10.0 Å². The maximum absolute atomic E-state index is 11.7. The molecule has 110 valence electrons. The second-order valence-electron chi connectivity index (χ2n) is 5.18. The van der Waals surface area contributed by atoms with Gasteiger partial charge in [-0.25, -0.2) is 8.42 Å². The van der Waals surface area contributed by atoms with Crippen molar-refractivity contribution in [2.75, 3.05) is 30.8 Å². The van der Waals surface area contributed by atoms with Gasteiger partial charge in [-0.2, -0.15) is 9.57 Å².